The molecular formula is C41H29NO2. The Morgan fingerprint density at radius 1 is 0.591 bits per heavy atom. The maximum Gasteiger partial charge on any atom is 0.197 e. The second-order valence-electron chi connectivity index (χ2n) is 12.1. The van der Waals surface area contributed by atoms with Gasteiger partial charge < -0.3 is 4.90 Å². The summed E-state index contributed by atoms with van der Waals surface area (Å²) in [5, 5.41) is 2.41. The van der Waals surface area contributed by atoms with E-state index in [1.165, 1.54) is 27.5 Å². The largest absolute Gasteiger partial charge is 0.310 e. The van der Waals surface area contributed by atoms with Gasteiger partial charge in [-0.05, 0) is 75.0 Å². The Labute approximate surface area is 256 Å². The van der Waals surface area contributed by atoms with Crippen molar-refractivity contribution in [2.24, 2.45) is 0 Å². The number of benzene rings is 6. The van der Waals surface area contributed by atoms with Gasteiger partial charge in [-0.2, -0.15) is 0 Å². The Balaban J connectivity index is 1.31. The minimum atomic E-state index is -0.354. The molecule has 6 aromatic carbocycles. The first kappa shape index (κ1) is 26.1. The molecule has 8 rings (SSSR count). The molecule has 0 amide bonds. The highest BCUT2D eigenvalue weighted by Gasteiger charge is 2.39. The van der Waals surface area contributed by atoms with Crippen LogP contribution in [-0.4, -0.2) is 11.6 Å². The highest BCUT2D eigenvalue weighted by molar-refractivity contribution is 6.41. The van der Waals surface area contributed by atoms with E-state index in [9.17, 15) is 9.59 Å². The molecule has 0 bridgehead atoms. The fourth-order valence-corrected chi connectivity index (χ4v) is 6.99. The lowest BCUT2D eigenvalue weighted by Crippen LogP contribution is -2.31. The van der Waals surface area contributed by atoms with Crippen molar-refractivity contribution in [2.45, 2.75) is 19.3 Å². The molecule has 0 saturated carbocycles. The zero-order valence-electron chi connectivity index (χ0n) is 24.5. The van der Waals surface area contributed by atoms with Gasteiger partial charge in [-0.25, -0.2) is 0 Å². The Hall–Kier alpha value is -5.54. The van der Waals surface area contributed by atoms with Gasteiger partial charge in [-0.1, -0.05) is 117 Å². The van der Waals surface area contributed by atoms with E-state index in [1.807, 2.05) is 12.1 Å². The fraction of sp³-hybridized carbons (Fsp3) is 0.0732. The molecule has 210 valence electrons. The number of carbonyl (C=O) groups is 2. The number of fused-ring (bicyclic) bond motifs is 5. The molecule has 0 fully saturated rings. The summed E-state index contributed by atoms with van der Waals surface area (Å²) in [5.41, 5.74) is 9.70. The van der Waals surface area contributed by atoms with Crippen LogP contribution in [0.5, 0.6) is 0 Å². The normalized spacial score (nSPS) is 14.8. The van der Waals surface area contributed by atoms with E-state index in [0.717, 1.165) is 28.2 Å². The molecule has 3 heteroatoms. The third-order valence-electron chi connectivity index (χ3n) is 9.16. The summed E-state index contributed by atoms with van der Waals surface area (Å²) in [7, 11) is 0. The minimum absolute atomic E-state index is 0.209. The molecule has 44 heavy (non-hydrogen) atoms. The molecule has 0 saturated heterocycles. The van der Waals surface area contributed by atoms with Gasteiger partial charge in [0.25, 0.3) is 0 Å². The van der Waals surface area contributed by atoms with Crippen LogP contribution in [-0.2, 0) is 5.41 Å². The van der Waals surface area contributed by atoms with Gasteiger partial charge in [-0.15, -0.1) is 0 Å². The molecule has 1 heterocycles. The van der Waals surface area contributed by atoms with E-state index >= 15 is 0 Å². The molecule has 1 aliphatic carbocycles. The number of rotatable bonds is 3. The number of ketones is 2. The van der Waals surface area contributed by atoms with Gasteiger partial charge in [0, 0.05) is 22.2 Å². The van der Waals surface area contributed by atoms with Crippen LogP contribution < -0.4 is 4.90 Å². The molecule has 6 aromatic rings. The highest BCUT2D eigenvalue weighted by Crippen LogP contribution is 2.54. The van der Waals surface area contributed by atoms with Crippen LogP contribution in [0.4, 0.5) is 17.1 Å². The van der Waals surface area contributed by atoms with Gasteiger partial charge in [-0.3, -0.25) is 9.59 Å². The lowest BCUT2D eigenvalue weighted by atomic mass is 9.71. The van der Waals surface area contributed by atoms with E-state index in [4.69, 9.17) is 0 Å². The lowest BCUT2D eigenvalue weighted by Gasteiger charge is -2.43. The molecule has 3 nitrogen and oxygen atoms in total. The van der Waals surface area contributed by atoms with Crippen molar-refractivity contribution in [3.8, 4) is 11.1 Å². The summed E-state index contributed by atoms with van der Waals surface area (Å²) >= 11 is 0. The van der Waals surface area contributed by atoms with Crippen LogP contribution >= 0.6 is 0 Å². The number of hydrogen-bond donors (Lipinski definition) is 0. The molecule has 0 N–H and O–H groups in total. The summed E-state index contributed by atoms with van der Waals surface area (Å²) in [4.78, 5) is 28.8. The van der Waals surface area contributed by atoms with Gasteiger partial charge >= 0.3 is 0 Å². The smallest absolute Gasteiger partial charge is 0.197 e. The number of nitrogens with zero attached hydrogens (tertiary/aromatic N) is 1. The summed E-state index contributed by atoms with van der Waals surface area (Å²) < 4.78 is 0. The van der Waals surface area contributed by atoms with Crippen molar-refractivity contribution in [3.63, 3.8) is 0 Å². The van der Waals surface area contributed by atoms with Crippen molar-refractivity contribution >= 4 is 45.5 Å². The van der Waals surface area contributed by atoms with Crippen LogP contribution in [0.25, 0.3) is 28.0 Å². The summed E-state index contributed by atoms with van der Waals surface area (Å²) in [6.07, 6.45) is 1.76. The van der Waals surface area contributed by atoms with Crippen LogP contribution in [0, 0.1) is 0 Å². The van der Waals surface area contributed by atoms with Crippen molar-refractivity contribution in [3.05, 3.63) is 167 Å². The van der Waals surface area contributed by atoms with Crippen molar-refractivity contribution in [1.82, 2.24) is 0 Å². The monoisotopic (exact) mass is 567 g/mol. The molecule has 0 radical (unpaired) electrons. The molecule has 0 aromatic heterocycles. The number of anilines is 3. The van der Waals surface area contributed by atoms with Gasteiger partial charge in [0.15, 0.2) is 11.6 Å². The SMILES string of the molecule is CC1(C)c2cc(C=C3C(=O)c4ccccc4C3=O)ccc2N(c2ccc(-c3ccccc3)cc2)c2ccc3ccccc3c21. The summed E-state index contributed by atoms with van der Waals surface area (Å²) in [6, 6.07) is 45.5. The molecule has 0 unspecified atom stereocenters. The van der Waals surface area contributed by atoms with E-state index in [1.54, 1.807) is 30.3 Å². The van der Waals surface area contributed by atoms with E-state index in [-0.39, 0.29) is 22.6 Å². The van der Waals surface area contributed by atoms with Crippen LogP contribution in [0.3, 0.4) is 0 Å². The first-order valence-corrected chi connectivity index (χ1v) is 14.9. The highest BCUT2D eigenvalue weighted by atomic mass is 16.2. The molecule has 1 aliphatic heterocycles. The summed E-state index contributed by atoms with van der Waals surface area (Å²) in [6.45, 7) is 4.54. The predicted octanol–water partition coefficient (Wildman–Crippen LogP) is 10.1. The second kappa shape index (κ2) is 9.75. The molecule has 2 aliphatic rings. The van der Waals surface area contributed by atoms with Crippen molar-refractivity contribution in [2.75, 3.05) is 4.90 Å². The number of carbonyl (C=O) groups excluding carboxylic acids is 2. The average Bonchev–Trinajstić information content (AvgIpc) is 3.30. The topological polar surface area (TPSA) is 37.4 Å². The van der Waals surface area contributed by atoms with Crippen LogP contribution in [0.1, 0.15) is 51.3 Å². The van der Waals surface area contributed by atoms with Crippen LogP contribution in [0.2, 0.25) is 0 Å². The van der Waals surface area contributed by atoms with E-state index in [2.05, 4.69) is 116 Å². The Kier molecular flexibility index (Phi) is 5.79. The minimum Gasteiger partial charge on any atom is -0.310 e. The molecule has 0 spiro atoms. The van der Waals surface area contributed by atoms with Crippen LogP contribution in [0.15, 0.2) is 139 Å². The van der Waals surface area contributed by atoms with E-state index < -0.39 is 0 Å². The maximum atomic E-state index is 13.2. The van der Waals surface area contributed by atoms with Crippen molar-refractivity contribution in [1.29, 1.82) is 0 Å². The quantitative estimate of drug-likeness (QED) is 0.158. The Bertz CT molecular complexity index is 2130. The van der Waals surface area contributed by atoms with Gasteiger partial charge in [0.2, 0.25) is 0 Å². The zero-order valence-corrected chi connectivity index (χ0v) is 24.5. The third-order valence-corrected chi connectivity index (χ3v) is 9.16. The third kappa shape index (κ3) is 3.90. The second-order valence-corrected chi connectivity index (χ2v) is 12.1. The lowest BCUT2D eigenvalue weighted by molar-refractivity contribution is 0.0990. The number of hydrogen-bond acceptors (Lipinski definition) is 3. The zero-order chi connectivity index (χ0) is 30.0. The number of Topliss-reactive ketones (excluding diaryl/α,β-unsaturated/α-hetero) is 2. The standard InChI is InChI=1S/C41H29NO2/c1-41(2)35-25-26(24-34-39(43)32-14-8-9-15-33(32)40(34)44)16-22-36(35)42(37-23-19-29-12-6-7-13-31(29)38(37)41)30-20-17-28(18-21-30)27-10-4-3-5-11-27/h3-25H,1-2H3. The number of allylic oxidation sites excluding steroid dienone is 1. The first-order valence-electron chi connectivity index (χ1n) is 14.9. The average molecular weight is 568 g/mol. The fourth-order valence-electron chi connectivity index (χ4n) is 6.99. The maximum absolute atomic E-state index is 13.2. The van der Waals surface area contributed by atoms with E-state index in [0.29, 0.717) is 11.1 Å². The Morgan fingerprint density at radius 3 is 1.93 bits per heavy atom. The van der Waals surface area contributed by atoms with Gasteiger partial charge in [0.1, 0.15) is 0 Å². The molecular weight excluding hydrogens is 538 g/mol. The van der Waals surface area contributed by atoms with Gasteiger partial charge in [0.05, 0.1) is 16.9 Å². The Morgan fingerprint density at radius 2 is 1.20 bits per heavy atom. The summed E-state index contributed by atoms with van der Waals surface area (Å²) in [5.74, 6) is -0.418. The first-order chi connectivity index (χ1) is 21.4. The van der Waals surface area contributed by atoms with Crippen molar-refractivity contribution < 1.29 is 9.59 Å². The predicted molar refractivity (Wildman–Crippen MR) is 179 cm³/mol. The molecule has 0 atom stereocenters.